The number of rotatable bonds is 2. The van der Waals surface area contributed by atoms with Crippen LogP contribution in [0.4, 0.5) is 0 Å². The van der Waals surface area contributed by atoms with Gasteiger partial charge in [0, 0.05) is 11.1 Å². The number of nitriles is 1. The van der Waals surface area contributed by atoms with Crippen molar-refractivity contribution in [3.63, 3.8) is 0 Å². The summed E-state index contributed by atoms with van der Waals surface area (Å²) in [5.41, 5.74) is 1.86. The Bertz CT molecular complexity index is 766. The van der Waals surface area contributed by atoms with Crippen LogP contribution in [0.25, 0.3) is 22.8 Å². The van der Waals surface area contributed by atoms with E-state index in [1.165, 1.54) is 25.3 Å². The quantitative estimate of drug-likeness (QED) is 0.684. The van der Waals surface area contributed by atoms with Gasteiger partial charge in [0.25, 0.3) is 0 Å². The maximum atomic E-state index is 9.18. The van der Waals surface area contributed by atoms with Crippen LogP contribution >= 0.6 is 0 Å². The maximum absolute atomic E-state index is 9.18. The maximum Gasteiger partial charge on any atom is 0.164 e. The monoisotopic (exact) mass is 261 g/mol. The predicted octanol–water partition coefficient (Wildman–Crippen LogP) is 1.26. The highest BCUT2D eigenvalue weighted by Crippen LogP contribution is 2.24. The predicted molar refractivity (Wildman–Crippen MR) is 68.8 cm³/mol. The van der Waals surface area contributed by atoms with Crippen molar-refractivity contribution in [2.45, 2.75) is 0 Å². The molecule has 0 spiro atoms. The summed E-state index contributed by atoms with van der Waals surface area (Å²) in [6.45, 7) is 0. The van der Waals surface area contributed by atoms with Crippen LogP contribution in [0.3, 0.4) is 0 Å². The second kappa shape index (κ2) is 5.16. The van der Waals surface area contributed by atoms with Crippen molar-refractivity contribution in [2.24, 2.45) is 0 Å². The van der Waals surface area contributed by atoms with Crippen molar-refractivity contribution in [3.05, 3.63) is 49.1 Å². The molecule has 2 heterocycles. The molecular weight excluding hydrogens is 254 g/mol. The van der Waals surface area contributed by atoms with Gasteiger partial charge in [0.05, 0.1) is 11.6 Å². The lowest BCUT2D eigenvalue weighted by molar-refractivity contribution is 1.05. The van der Waals surface area contributed by atoms with Crippen molar-refractivity contribution in [1.29, 1.82) is 5.26 Å². The highest BCUT2D eigenvalue weighted by Gasteiger charge is 2.10. The number of hydrogen-bond donors (Lipinski definition) is 0. The highest BCUT2D eigenvalue weighted by molar-refractivity contribution is 5.71. The van der Waals surface area contributed by atoms with E-state index in [0.717, 1.165) is 5.56 Å². The average molecular weight is 261 g/mol. The molecule has 0 aliphatic carbocycles. The van der Waals surface area contributed by atoms with Crippen LogP contribution in [0.2, 0.25) is 0 Å². The van der Waals surface area contributed by atoms with Crippen LogP contribution in [0.1, 0.15) is 5.56 Å². The molecule has 0 saturated heterocycles. The number of nitrogens with zero attached hydrogens (tertiary/aromatic N) is 7. The normalized spacial score (nSPS) is 9.95. The summed E-state index contributed by atoms with van der Waals surface area (Å²) in [6.07, 6.45) is 5.62. The zero-order valence-electron chi connectivity index (χ0n) is 10.2. The van der Waals surface area contributed by atoms with E-state index >= 15 is 0 Å². The third kappa shape index (κ3) is 2.18. The Morgan fingerprint density at radius 3 is 2.00 bits per heavy atom. The molecule has 7 nitrogen and oxygen atoms in total. The first-order chi connectivity index (χ1) is 9.88. The van der Waals surface area contributed by atoms with Crippen molar-refractivity contribution >= 4 is 0 Å². The Labute approximate surface area is 114 Å². The first-order valence-electron chi connectivity index (χ1n) is 5.67. The summed E-state index contributed by atoms with van der Waals surface area (Å²) in [6, 6.07) is 7.37. The van der Waals surface area contributed by atoms with Crippen LogP contribution in [-0.4, -0.2) is 29.9 Å². The minimum absolute atomic E-state index is 0.437. The van der Waals surface area contributed by atoms with Crippen LogP contribution in [-0.2, 0) is 0 Å². The van der Waals surface area contributed by atoms with Crippen LogP contribution in [0.5, 0.6) is 0 Å². The molecule has 0 atom stereocenters. The molecule has 0 radical (unpaired) electrons. The summed E-state index contributed by atoms with van der Waals surface area (Å²) in [5, 5.41) is 9.18. The Morgan fingerprint density at radius 1 is 0.800 bits per heavy atom. The smallest absolute Gasteiger partial charge is 0.164 e. The second-order valence-corrected chi connectivity index (χ2v) is 3.80. The molecule has 2 aromatic heterocycles. The Kier molecular flexibility index (Phi) is 3.04. The fraction of sp³-hybridized carbons (Fsp3) is 0. The minimum atomic E-state index is 0.437. The summed E-state index contributed by atoms with van der Waals surface area (Å²) >= 11 is 0. The van der Waals surface area contributed by atoms with Crippen molar-refractivity contribution in [1.82, 2.24) is 29.9 Å². The van der Waals surface area contributed by atoms with E-state index in [4.69, 9.17) is 0 Å². The number of hydrogen-bond acceptors (Lipinski definition) is 7. The molecule has 0 aliphatic heterocycles. The molecule has 3 rings (SSSR count). The van der Waals surface area contributed by atoms with Gasteiger partial charge in [0.2, 0.25) is 0 Å². The molecule has 0 fully saturated rings. The average Bonchev–Trinajstić information content (AvgIpc) is 2.56. The van der Waals surface area contributed by atoms with Crippen molar-refractivity contribution in [3.8, 4) is 28.8 Å². The molecule has 1 aromatic carbocycles. The summed E-state index contributed by atoms with van der Waals surface area (Å²) in [4.78, 5) is 23.8. The van der Waals surface area contributed by atoms with Gasteiger partial charge in [-0.05, 0) is 18.2 Å². The molecule has 0 unspecified atom stereocenters. The number of benzene rings is 1. The molecule has 3 aromatic rings. The van der Waals surface area contributed by atoms with Gasteiger partial charge in [-0.15, -0.1) is 0 Å². The molecule has 0 N–H and O–H groups in total. The first-order valence-corrected chi connectivity index (χ1v) is 5.67. The zero-order valence-corrected chi connectivity index (χ0v) is 10.2. The zero-order chi connectivity index (χ0) is 13.8. The molecule has 0 saturated carbocycles. The largest absolute Gasteiger partial charge is 0.225 e. The molecule has 94 valence electrons. The molecule has 0 bridgehead atoms. The molecular formula is C13H7N7. The molecule has 20 heavy (non-hydrogen) atoms. The van der Waals surface area contributed by atoms with Crippen LogP contribution in [0.15, 0.2) is 43.5 Å². The first kappa shape index (κ1) is 11.8. The van der Waals surface area contributed by atoms with Crippen molar-refractivity contribution < 1.29 is 0 Å². The van der Waals surface area contributed by atoms with Gasteiger partial charge in [-0.25, -0.2) is 29.9 Å². The van der Waals surface area contributed by atoms with Gasteiger partial charge >= 0.3 is 0 Å². The highest BCUT2D eigenvalue weighted by atomic mass is 15.0. The fourth-order valence-corrected chi connectivity index (χ4v) is 1.73. The third-order valence-electron chi connectivity index (χ3n) is 2.63. The number of aromatic nitrogens is 6. The Hall–Kier alpha value is -3.27. The molecule has 0 aliphatic rings. The van der Waals surface area contributed by atoms with E-state index in [2.05, 4.69) is 36.0 Å². The van der Waals surface area contributed by atoms with Gasteiger partial charge in [-0.1, -0.05) is 0 Å². The van der Waals surface area contributed by atoms with E-state index in [0.29, 0.717) is 22.8 Å². The second-order valence-electron chi connectivity index (χ2n) is 3.80. The van der Waals surface area contributed by atoms with Gasteiger partial charge in [-0.2, -0.15) is 5.26 Å². The topological polar surface area (TPSA) is 101 Å². The summed E-state index contributed by atoms with van der Waals surface area (Å²) < 4.78 is 0. The molecule has 7 heteroatoms. The van der Waals surface area contributed by atoms with Gasteiger partial charge < -0.3 is 0 Å². The summed E-state index contributed by atoms with van der Waals surface area (Å²) in [5.74, 6) is 0.965. The lowest BCUT2D eigenvalue weighted by Crippen LogP contribution is -1.95. The van der Waals surface area contributed by atoms with Crippen LogP contribution < -0.4 is 0 Å². The minimum Gasteiger partial charge on any atom is -0.225 e. The lowest BCUT2D eigenvalue weighted by atomic mass is 10.0. The van der Waals surface area contributed by atoms with E-state index in [1.54, 1.807) is 18.2 Å². The van der Waals surface area contributed by atoms with E-state index < -0.39 is 0 Å². The standard InChI is InChI=1S/C13H7N7/c14-4-10-2-1-9(12-17-5-15-6-18-12)3-11(10)13-19-7-16-8-20-13/h1-3,5-8H. The van der Waals surface area contributed by atoms with Gasteiger partial charge in [-0.3, -0.25) is 0 Å². The third-order valence-corrected chi connectivity index (χ3v) is 2.63. The van der Waals surface area contributed by atoms with Crippen LogP contribution in [0, 0.1) is 11.3 Å². The van der Waals surface area contributed by atoms with Gasteiger partial charge in [0.15, 0.2) is 11.6 Å². The lowest BCUT2D eigenvalue weighted by Gasteiger charge is -2.05. The SMILES string of the molecule is N#Cc1ccc(-c2ncncn2)cc1-c1ncncn1. The Morgan fingerprint density at radius 2 is 1.40 bits per heavy atom. The molecule has 0 amide bonds. The van der Waals surface area contributed by atoms with E-state index in [9.17, 15) is 5.26 Å². The van der Waals surface area contributed by atoms with E-state index in [-0.39, 0.29) is 0 Å². The van der Waals surface area contributed by atoms with E-state index in [1.807, 2.05) is 0 Å². The van der Waals surface area contributed by atoms with Crippen molar-refractivity contribution in [2.75, 3.05) is 0 Å². The van der Waals surface area contributed by atoms with Gasteiger partial charge in [0.1, 0.15) is 25.3 Å². The fourth-order valence-electron chi connectivity index (χ4n) is 1.73. The Balaban J connectivity index is 2.16. The summed E-state index contributed by atoms with van der Waals surface area (Å²) in [7, 11) is 0.